The van der Waals surface area contributed by atoms with E-state index in [4.69, 9.17) is 0 Å². The lowest BCUT2D eigenvalue weighted by molar-refractivity contribution is 0.788. The summed E-state index contributed by atoms with van der Waals surface area (Å²) in [5.74, 6) is 0. The first-order valence-corrected chi connectivity index (χ1v) is 5.41. The van der Waals surface area contributed by atoms with Crippen LogP contribution in [0, 0.1) is 13.8 Å². The van der Waals surface area contributed by atoms with Crippen LogP contribution in [0.15, 0.2) is 6.58 Å². The molecule has 0 amide bonds. The maximum absolute atomic E-state index is 3.99. The minimum Gasteiger partial charge on any atom is -0.358 e. The Labute approximate surface area is 87.2 Å². The van der Waals surface area contributed by atoms with Crippen LogP contribution in [0.25, 0.3) is 5.57 Å². The van der Waals surface area contributed by atoms with Gasteiger partial charge >= 0.3 is 0 Å². The summed E-state index contributed by atoms with van der Waals surface area (Å²) in [5, 5.41) is 0. The summed E-state index contributed by atoms with van der Waals surface area (Å²) >= 11 is 0. The van der Waals surface area contributed by atoms with Crippen molar-refractivity contribution in [2.24, 2.45) is 0 Å². The Morgan fingerprint density at radius 1 is 1.36 bits per heavy atom. The number of aromatic amines is 1. The van der Waals surface area contributed by atoms with Crippen LogP contribution >= 0.6 is 0 Å². The second-order valence-corrected chi connectivity index (χ2v) is 4.11. The Morgan fingerprint density at radius 2 is 2.00 bits per heavy atom. The molecular formula is C13H21N. The molecule has 0 bridgehead atoms. The van der Waals surface area contributed by atoms with Crippen molar-refractivity contribution in [2.45, 2.75) is 47.0 Å². The minimum absolute atomic E-state index is 1.13. The highest BCUT2D eigenvalue weighted by Gasteiger charge is 2.10. The minimum atomic E-state index is 1.13. The van der Waals surface area contributed by atoms with Gasteiger partial charge in [-0.2, -0.15) is 0 Å². The van der Waals surface area contributed by atoms with Crippen molar-refractivity contribution in [3.05, 3.63) is 29.1 Å². The number of aromatic nitrogens is 1. The molecule has 0 unspecified atom stereocenters. The second-order valence-electron chi connectivity index (χ2n) is 4.11. The molecule has 0 atom stereocenters. The normalized spacial score (nSPS) is 10.6. The van der Waals surface area contributed by atoms with E-state index in [0.717, 1.165) is 5.57 Å². The van der Waals surface area contributed by atoms with Crippen LogP contribution < -0.4 is 0 Å². The van der Waals surface area contributed by atoms with E-state index in [1.165, 1.54) is 41.8 Å². The second kappa shape index (κ2) is 4.50. The molecule has 0 aliphatic rings. The number of hydrogen-bond donors (Lipinski definition) is 1. The molecule has 1 aromatic heterocycles. The van der Waals surface area contributed by atoms with Crippen LogP contribution in [-0.4, -0.2) is 4.98 Å². The molecule has 0 saturated carbocycles. The number of unbranched alkanes of at least 4 members (excludes halogenated alkanes) is 1. The fourth-order valence-electron chi connectivity index (χ4n) is 1.94. The van der Waals surface area contributed by atoms with Gasteiger partial charge in [0, 0.05) is 11.4 Å². The molecule has 0 spiro atoms. The van der Waals surface area contributed by atoms with E-state index in [2.05, 4.69) is 39.3 Å². The third-order valence-corrected chi connectivity index (χ3v) is 2.80. The van der Waals surface area contributed by atoms with Crippen molar-refractivity contribution >= 4 is 5.57 Å². The van der Waals surface area contributed by atoms with E-state index in [1.54, 1.807) is 0 Å². The van der Waals surface area contributed by atoms with Gasteiger partial charge in [-0.1, -0.05) is 19.9 Å². The fourth-order valence-corrected chi connectivity index (χ4v) is 1.94. The van der Waals surface area contributed by atoms with Crippen LogP contribution in [0.5, 0.6) is 0 Å². The van der Waals surface area contributed by atoms with Crippen molar-refractivity contribution in [2.75, 3.05) is 0 Å². The highest BCUT2D eigenvalue weighted by molar-refractivity contribution is 5.63. The largest absolute Gasteiger partial charge is 0.358 e. The lowest BCUT2D eigenvalue weighted by atomic mass is 10.0. The average Bonchev–Trinajstić information content (AvgIpc) is 2.40. The first-order chi connectivity index (χ1) is 6.57. The number of hydrogen-bond acceptors (Lipinski definition) is 0. The predicted molar refractivity (Wildman–Crippen MR) is 63.6 cm³/mol. The van der Waals surface area contributed by atoms with E-state index < -0.39 is 0 Å². The molecule has 0 aliphatic carbocycles. The van der Waals surface area contributed by atoms with Crippen LogP contribution in [0.1, 0.15) is 49.2 Å². The van der Waals surface area contributed by atoms with Gasteiger partial charge in [0.15, 0.2) is 0 Å². The molecule has 0 saturated heterocycles. The standard InChI is InChI=1S/C13H21N/c1-6-7-8-12-10(4)13(9(2)3)14-11(12)5/h14H,2,6-8H2,1,3-5H3. The van der Waals surface area contributed by atoms with Gasteiger partial charge in [-0.25, -0.2) is 0 Å². The smallest absolute Gasteiger partial charge is 0.0438 e. The summed E-state index contributed by atoms with van der Waals surface area (Å²) in [6.45, 7) is 12.6. The predicted octanol–water partition coefficient (Wildman–Crippen LogP) is 4.01. The summed E-state index contributed by atoms with van der Waals surface area (Å²) in [7, 11) is 0. The Morgan fingerprint density at radius 3 is 2.43 bits per heavy atom. The summed E-state index contributed by atoms with van der Waals surface area (Å²) in [6.07, 6.45) is 3.72. The first kappa shape index (κ1) is 11.1. The van der Waals surface area contributed by atoms with Gasteiger partial charge in [0.2, 0.25) is 0 Å². The van der Waals surface area contributed by atoms with Crippen molar-refractivity contribution in [3.8, 4) is 0 Å². The molecular weight excluding hydrogens is 170 g/mol. The Kier molecular flexibility index (Phi) is 3.56. The zero-order valence-electron chi connectivity index (χ0n) is 9.83. The van der Waals surface area contributed by atoms with Crippen LogP contribution in [0.4, 0.5) is 0 Å². The topological polar surface area (TPSA) is 15.8 Å². The molecule has 1 heterocycles. The third kappa shape index (κ3) is 2.09. The number of nitrogens with one attached hydrogen (secondary N) is 1. The molecule has 0 aliphatic heterocycles. The summed E-state index contributed by atoms with van der Waals surface area (Å²) in [4.78, 5) is 3.42. The van der Waals surface area contributed by atoms with Crippen LogP contribution in [-0.2, 0) is 6.42 Å². The van der Waals surface area contributed by atoms with Gasteiger partial charge in [0.1, 0.15) is 0 Å². The average molecular weight is 191 g/mol. The van der Waals surface area contributed by atoms with E-state index >= 15 is 0 Å². The molecule has 0 aromatic carbocycles. The molecule has 1 nitrogen and oxygen atoms in total. The lowest BCUT2D eigenvalue weighted by Gasteiger charge is -2.01. The highest BCUT2D eigenvalue weighted by atomic mass is 14.7. The Hall–Kier alpha value is -0.980. The molecule has 1 N–H and O–H groups in total. The highest BCUT2D eigenvalue weighted by Crippen LogP contribution is 2.24. The van der Waals surface area contributed by atoms with E-state index in [1.807, 2.05) is 0 Å². The van der Waals surface area contributed by atoms with Crippen molar-refractivity contribution in [1.29, 1.82) is 0 Å². The summed E-state index contributed by atoms with van der Waals surface area (Å²) < 4.78 is 0. The van der Waals surface area contributed by atoms with E-state index in [9.17, 15) is 0 Å². The van der Waals surface area contributed by atoms with E-state index in [-0.39, 0.29) is 0 Å². The van der Waals surface area contributed by atoms with Gasteiger partial charge in [-0.3, -0.25) is 0 Å². The van der Waals surface area contributed by atoms with Gasteiger partial charge in [0.25, 0.3) is 0 Å². The summed E-state index contributed by atoms with van der Waals surface area (Å²) in [6, 6.07) is 0. The van der Waals surface area contributed by atoms with Crippen LogP contribution in [0.3, 0.4) is 0 Å². The first-order valence-electron chi connectivity index (χ1n) is 5.41. The quantitative estimate of drug-likeness (QED) is 0.740. The molecule has 14 heavy (non-hydrogen) atoms. The number of allylic oxidation sites excluding steroid dienone is 1. The Balaban J connectivity index is 2.99. The zero-order chi connectivity index (χ0) is 10.7. The van der Waals surface area contributed by atoms with Gasteiger partial charge in [-0.05, 0) is 50.3 Å². The maximum Gasteiger partial charge on any atom is 0.0438 e. The van der Waals surface area contributed by atoms with E-state index in [0.29, 0.717) is 0 Å². The molecule has 1 heteroatoms. The van der Waals surface area contributed by atoms with Gasteiger partial charge < -0.3 is 4.98 Å². The molecule has 0 fully saturated rings. The van der Waals surface area contributed by atoms with Gasteiger partial charge in [0.05, 0.1) is 0 Å². The molecule has 1 aromatic rings. The number of rotatable bonds is 4. The molecule has 1 rings (SSSR count). The SMILES string of the molecule is C=C(C)c1[nH]c(C)c(CCCC)c1C. The number of H-pyrrole nitrogens is 1. The van der Waals surface area contributed by atoms with Crippen molar-refractivity contribution in [3.63, 3.8) is 0 Å². The maximum atomic E-state index is 3.99. The summed E-state index contributed by atoms with van der Waals surface area (Å²) in [5.41, 5.74) is 6.56. The zero-order valence-corrected chi connectivity index (χ0v) is 9.83. The monoisotopic (exact) mass is 191 g/mol. The van der Waals surface area contributed by atoms with Crippen LogP contribution in [0.2, 0.25) is 0 Å². The molecule has 78 valence electrons. The van der Waals surface area contributed by atoms with Gasteiger partial charge in [-0.15, -0.1) is 0 Å². The number of aryl methyl sites for hydroxylation is 1. The van der Waals surface area contributed by atoms with Crippen molar-refractivity contribution < 1.29 is 0 Å². The third-order valence-electron chi connectivity index (χ3n) is 2.80. The molecule has 0 radical (unpaired) electrons. The van der Waals surface area contributed by atoms with Crippen molar-refractivity contribution in [1.82, 2.24) is 4.98 Å². The lowest BCUT2D eigenvalue weighted by Crippen LogP contribution is -1.88. The Bertz CT molecular complexity index is 331. The fraction of sp³-hybridized carbons (Fsp3) is 0.538.